The first-order valence-corrected chi connectivity index (χ1v) is 6.94. The molecule has 2 aromatic carbocycles. The van der Waals surface area contributed by atoms with Crippen molar-refractivity contribution in [3.63, 3.8) is 0 Å². The summed E-state index contributed by atoms with van der Waals surface area (Å²) < 4.78 is 0. The van der Waals surface area contributed by atoms with Crippen LogP contribution in [0.4, 0.5) is 0 Å². The highest BCUT2D eigenvalue weighted by molar-refractivity contribution is 6.32. The number of carbonyl (C=O) groups is 1. The first kappa shape index (κ1) is 13.2. The lowest BCUT2D eigenvalue weighted by molar-refractivity contribution is 0.0994. The van der Waals surface area contributed by atoms with Crippen LogP contribution in [-0.2, 0) is 6.42 Å². The molecular weight excluding hydrogens is 293 g/mol. The van der Waals surface area contributed by atoms with Gasteiger partial charge in [-0.05, 0) is 23.8 Å². The Morgan fingerprint density at radius 2 is 1.90 bits per heavy atom. The van der Waals surface area contributed by atoms with Gasteiger partial charge in [0, 0.05) is 39.1 Å². The molecule has 0 unspecified atom stereocenters. The predicted octanol–water partition coefficient (Wildman–Crippen LogP) is 4.90. The number of rotatable bonds is 3. The molecule has 0 saturated carbocycles. The van der Waals surface area contributed by atoms with E-state index in [9.17, 15) is 4.79 Å². The Morgan fingerprint density at radius 1 is 1.10 bits per heavy atom. The van der Waals surface area contributed by atoms with Gasteiger partial charge in [-0.3, -0.25) is 4.79 Å². The topological polar surface area (TPSA) is 32.9 Å². The van der Waals surface area contributed by atoms with Gasteiger partial charge in [0.2, 0.25) is 0 Å². The molecule has 0 aliphatic heterocycles. The number of carbonyl (C=O) groups excluding carboxylic acids is 1. The van der Waals surface area contributed by atoms with Crippen LogP contribution >= 0.6 is 23.2 Å². The molecule has 1 heterocycles. The Kier molecular flexibility index (Phi) is 3.51. The van der Waals surface area contributed by atoms with Crippen LogP contribution in [0.15, 0.2) is 48.7 Å². The third kappa shape index (κ3) is 2.45. The van der Waals surface area contributed by atoms with E-state index in [1.165, 1.54) is 0 Å². The maximum absolute atomic E-state index is 12.4. The van der Waals surface area contributed by atoms with Crippen LogP contribution in [0, 0.1) is 0 Å². The van der Waals surface area contributed by atoms with Crippen LogP contribution in [-0.4, -0.2) is 10.8 Å². The average Bonchev–Trinajstić information content (AvgIpc) is 2.84. The molecule has 0 aliphatic rings. The summed E-state index contributed by atoms with van der Waals surface area (Å²) in [4.78, 5) is 15.5. The van der Waals surface area contributed by atoms with E-state index in [1.807, 2.05) is 30.3 Å². The van der Waals surface area contributed by atoms with Gasteiger partial charge in [-0.1, -0.05) is 47.5 Å². The minimum atomic E-state index is 0.0340. The zero-order valence-corrected chi connectivity index (χ0v) is 12.0. The third-order valence-corrected chi connectivity index (χ3v) is 3.86. The highest BCUT2D eigenvalue weighted by atomic mass is 35.5. The van der Waals surface area contributed by atoms with Gasteiger partial charge in [0.1, 0.15) is 0 Å². The van der Waals surface area contributed by atoms with Crippen molar-refractivity contribution in [3.8, 4) is 0 Å². The van der Waals surface area contributed by atoms with E-state index >= 15 is 0 Å². The molecule has 4 heteroatoms. The molecule has 3 rings (SSSR count). The highest BCUT2D eigenvalue weighted by Crippen LogP contribution is 2.24. The van der Waals surface area contributed by atoms with Gasteiger partial charge in [0.15, 0.2) is 5.78 Å². The Morgan fingerprint density at radius 3 is 2.70 bits per heavy atom. The van der Waals surface area contributed by atoms with E-state index in [2.05, 4.69) is 4.98 Å². The largest absolute Gasteiger partial charge is 0.360 e. The fourth-order valence-electron chi connectivity index (χ4n) is 2.24. The zero-order chi connectivity index (χ0) is 14.1. The summed E-state index contributed by atoms with van der Waals surface area (Å²) in [6.07, 6.45) is 2.01. The van der Waals surface area contributed by atoms with Crippen molar-refractivity contribution in [3.05, 3.63) is 69.8 Å². The number of aromatic amines is 1. The Labute approximate surface area is 126 Å². The van der Waals surface area contributed by atoms with Crippen molar-refractivity contribution in [2.24, 2.45) is 0 Å². The van der Waals surface area contributed by atoms with Crippen molar-refractivity contribution in [2.45, 2.75) is 6.42 Å². The summed E-state index contributed by atoms with van der Waals surface area (Å²) in [5, 5.41) is 2.14. The molecular formula is C16H11Cl2NO. The second-order valence-electron chi connectivity index (χ2n) is 4.58. The third-order valence-electron chi connectivity index (χ3n) is 3.25. The molecule has 20 heavy (non-hydrogen) atoms. The van der Waals surface area contributed by atoms with Crippen molar-refractivity contribution in [2.75, 3.05) is 0 Å². The standard InChI is InChI=1S/C16H11Cl2NO/c17-11-5-6-12-13(9-19-15(12)8-11)16(20)7-10-3-1-2-4-14(10)18/h1-6,8-9,19H,7H2. The van der Waals surface area contributed by atoms with E-state index in [-0.39, 0.29) is 12.2 Å². The molecule has 0 fully saturated rings. The summed E-state index contributed by atoms with van der Waals surface area (Å²) in [6, 6.07) is 12.8. The minimum absolute atomic E-state index is 0.0340. The van der Waals surface area contributed by atoms with E-state index in [0.29, 0.717) is 15.6 Å². The number of benzene rings is 2. The number of hydrogen-bond donors (Lipinski definition) is 1. The minimum Gasteiger partial charge on any atom is -0.360 e. The predicted molar refractivity (Wildman–Crippen MR) is 82.8 cm³/mol. The number of nitrogens with one attached hydrogen (secondary N) is 1. The molecule has 0 radical (unpaired) electrons. The molecule has 0 saturated heterocycles. The smallest absolute Gasteiger partial charge is 0.169 e. The van der Waals surface area contributed by atoms with Gasteiger partial charge in [0.25, 0.3) is 0 Å². The van der Waals surface area contributed by atoms with Crippen LogP contribution in [0.2, 0.25) is 10.0 Å². The molecule has 0 aliphatic carbocycles. The fourth-order valence-corrected chi connectivity index (χ4v) is 2.61. The first-order chi connectivity index (χ1) is 9.65. The summed E-state index contributed by atoms with van der Waals surface area (Å²) in [5.74, 6) is 0.0340. The zero-order valence-electron chi connectivity index (χ0n) is 10.5. The first-order valence-electron chi connectivity index (χ1n) is 6.18. The summed E-state index contributed by atoms with van der Waals surface area (Å²) in [7, 11) is 0. The van der Waals surface area contributed by atoms with Crippen molar-refractivity contribution in [1.29, 1.82) is 0 Å². The van der Waals surface area contributed by atoms with Gasteiger partial charge in [-0.15, -0.1) is 0 Å². The lowest BCUT2D eigenvalue weighted by atomic mass is 10.0. The summed E-state index contributed by atoms with van der Waals surface area (Å²) in [5.41, 5.74) is 2.36. The van der Waals surface area contributed by atoms with Gasteiger partial charge < -0.3 is 4.98 Å². The quantitative estimate of drug-likeness (QED) is 0.686. The normalized spacial score (nSPS) is 10.9. The van der Waals surface area contributed by atoms with Crippen LogP contribution in [0.1, 0.15) is 15.9 Å². The molecule has 1 aromatic heterocycles. The van der Waals surface area contributed by atoms with Crippen molar-refractivity contribution in [1.82, 2.24) is 4.98 Å². The number of aromatic nitrogens is 1. The monoisotopic (exact) mass is 303 g/mol. The Hall–Kier alpha value is -1.77. The maximum Gasteiger partial charge on any atom is 0.169 e. The molecule has 1 N–H and O–H groups in total. The fraction of sp³-hybridized carbons (Fsp3) is 0.0625. The van der Waals surface area contributed by atoms with Crippen LogP contribution in [0.25, 0.3) is 10.9 Å². The molecule has 0 atom stereocenters. The second kappa shape index (κ2) is 5.31. The summed E-state index contributed by atoms with van der Waals surface area (Å²) in [6.45, 7) is 0. The number of Topliss-reactive ketones (excluding diaryl/α,β-unsaturated/α-hetero) is 1. The van der Waals surface area contributed by atoms with Crippen LogP contribution < -0.4 is 0 Å². The van der Waals surface area contributed by atoms with Gasteiger partial charge >= 0.3 is 0 Å². The summed E-state index contributed by atoms with van der Waals surface area (Å²) >= 11 is 12.0. The number of H-pyrrole nitrogens is 1. The van der Waals surface area contributed by atoms with E-state index in [0.717, 1.165) is 16.5 Å². The van der Waals surface area contributed by atoms with E-state index in [1.54, 1.807) is 18.3 Å². The molecule has 0 bridgehead atoms. The SMILES string of the molecule is O=C(Cc1ccccc1Cl)c1c[nH]c2cc(Cl)ccc12. The Balaban J connectivity index is 1.95. The Bertz CT molecular complexity index is 792. The van der Waals surface area contributed by atoms with Gasteiger partial charge in [-0.25, -0.2) is 0 Å². The molecule has 3 aromatic rings. The van der Waals surface area contributed by atoms with E-state index < -0.39 is 0 Å². The van der Waals surface area contributed by atoms with Crippen molar-refractivity contribution < 1.29 is 4.79 Å². The van der Waals surface area contributed by atoms with Crippen molar-refractivity contribution >= 4 is 39.9 Å². The molecule has 0 spiro atoms. The lowest BCUT2D eigenvalue weighted by Gasteiger charge is -2.03. The maximum atomic E-state index is 12.4. The average molecular weight is 304 g/mol. The van der Waals surface area contributed by atoms with Crippen LogP contribution in [0.5, 0.6) is 0 Å². The lowest BCUT2D eigenvalue weighted by Crippen LogP contribution is -2.03. The molecule has 2 nitrogen and oxygen atoms in total. The second-order valence-corrected chi connectivity index (χ2v) is 5.43. The number of fused-ring (bicyclic) bond motifs is 1. The number of ketones is 1. The highest BCUT2D eigenvalue weighted by Gasteiger charge is 2.14. The number of halogens is 2. The van der Waals surface area contributed by atoms with E-state index in [4.69, 9.17) is 23.2 Å². The van der Waals surface area contributed by atoms with Crippen LogP contribution in [0.3, 0.4) is 0 Å². The molecule has 100 valence electrons. The van der Waals surface area contributed by atoms with Gasteiger partial charge in [0.05, 0.1) is 0 Å². The number of hydrogen-bond acceptors (Lipinski definition) is 1. The van der Waals surface area contributed by atoms with Gasteiger partial charge in [-0.2, -0.15) is 0 Å². The molecule has 0 amide bonds.